The number of benzene rings is 1. The van der Waals surface area contributed by atoms with Gasteiger partial charge in [-0.1, -0.05) is 30.3 Å². The Bertz CT molecular complexity index is 1950. The Hall–Kier alpha value is -4.16. The molecule has 1 aromatic carbocycles. The molecule has 4 aromatic rings. The van der Waals surface area contributed by atoms with Crippen LogP contribution in [0.15, 0.2) is 64.9 Å². The number of fused-ring (bicyclic) bond motifs is 1. The van der Waals surface area contributed by atoms with Gasteiger partial charge in [0.05, 0.1) is 37.6 Å². The van der Waals surface area contributed by atoms with E-state index in [4.69, 9.17) is 16.6 Å². The van der Waals surface area contributed by atoms with E-state index in [0.29, 0.717) is 25.0 Å². The smallest absolute Gasteiger partial charge is 0.350 e. The molecule has 0 aliphatic carbocycles. The molecule has 0 saturated carbocycles. The van der Waals surface area contributed by atoms with Gasteiger partial charge in [-0.05, 0) is 58.0 Å². The van der Waals surface area contributed by atoms with Crippen LogP contribution in [0.2, 0.25) is 5.02 Å². The molecule has 0 unspecified atom stereocenters. The molecule has 0 bridgehead atoms. The fourth-order valence-corrected chi connectivity index (χ4v) is 6.78. The first kappa shape index (κ1) is 30.3. The number of carbonyl (C=O) groups is 1. The van der Waals surface area contributed by atoms with E-state index in [1.807, 2.05) is 11.8 Å². The van der Waals surface area contributed by atoms with Gasteiger partial charge in [-0.3, -0.25) is 9.78 Å². The van der Waals surface area contributed by atoms with Crippen LogP contribution in [-0.2, 0) is 14.6 Å². The van der Waals surface area contributed by atoms with E-state index in [1.165, 1.54) is 36.5 Å². The van der Waals surface area contributed by atoms with Gasteiger partial charge < -0.3 is 9.80 Å². The van der Waals surface area contributed by atoms with Gasteiger partial charge in [-0.15, -0.1) is 0 Å². The molecule has 5 rings (SSSR count). The van der Waals surface area contributed by atoms with Gasteiger partial charge in [0, 0.05) is 37.4 Å². The monoisotopic (exact) mass is 624 g/mol. The summed E-state index contributed by atoms with van der Waals surface area (Å²) in [7, 11) is -3.89. The van der Waals surface area contributed by atoms with E-state index in [0.717, 1.165) is 4.57 Å². The molecule has 0 radical (unpaired) electrons. The minimum atomic E-state index is -3.89. The third-order valence-electron chi connectivity index (χ3n) is 7.54. The van der Waals surface area contributed by atoms with Crippen molar-refractivity contribution in [2.24, 2.45) is 0 Å². The normalized spacial score (nSPS) is 15.7. The second-order valence-electron chi connectivity index (χ2n) is 10.6. The highest BCUT2D eigenvalue weighted by molar-refractivity contribution is 7.92. The summed E-state index contributed by atoms with van der Waals surface area (Å²) in [5.41, 5.74) is -0.324. The Morgan fingerprint density at radius 1 is 1.19 bits per heavy atom. The minimum Gasteiger partial charge on any atom is -0.350 e. The summed E-state index contributed by atoms with van der Waals surface area (Å²) in [6.07, 6.45) is 2.62. The van der Waals surface area contributed by atoms with E-state index in [-0.39, 0.29) is 56.0 Å². The number of aromatic nitrogens is 4. The van der Waals surface area contributed by atoms with Crippen LogP contribution in [0.1, 0.15) is 26.5 Å². The molecule has 1 atom stereocenters. The van der Waals surface area contributed by atoms with Gasteiger partial charge in [-0.25, -0.2) is 27.2 Å². The number of amides is 1. The van der Waals surface area contributed by atoms with E-state index in [2.05, 4.69) is 16.5 Å². The molecule has 13 heteroatoms. The van der Waals surface area contributed by atoms with Crippen LogP contribution in [0.4, 0.5) is 10.2 Å². The van der Waals surface area contributed by atoms with Crippen molar-refractivity contribution in [1.29, 1.82) is 0 Å². The molecule has 3 aromatic heterocycles. The van der Waals surface area contributed by atoms with Crippen molar-refractivity contribution in [3.05, 3.63) is 82.3 Å². The standard InChI is InChI=1S/C30H30ClFN6O4S/c1-6-25(39)36-13-14-37(18(4)16-36)28-21-15-22(31)26(20-9-7-8-10-23(20)32)34-29(21)38(30(40)35-28)27-19(5)33-12-11-24(27)43(41,42)17(2)3/h6-12,15,17-18H,1,13-14,16H2,2-5H3/t18-/m0/s1. The van der Waals surface area contributed by atoms with Crippen molar-refractivity contribution >= 4 is 44.2 Å². The second-order valence-corrected chi connectivity index (χ2v) is 13.5. The number of sulfone groups is 1. The molecule has 0 N–H and O–H groups in total. The first-order chi connectivity index (χ1) is 20.4. The number of aryl methyl sites for hydroxylation is 1. The lowest BCUT2D eigenvalue weighted by Crippen LogP contribution is -2.54. The second kappa shape index (κ2) is 11.5. The van der Waals surface area contributed by atoms with Gasteiger partial charge in [0.25, 0.3) is 0 Å². The summed E-state index contributed by atoms with van der Waals surface area (Å²) in [4.78, 5) is 43.1. The summed E-state index contributed by atoms with van der Waals surface area (Å²) < 4.78 is 43.0. The zero-order chi connectivity index (χ0) is 31.2. The molecule has 1 amide bonds. The van der Waals surface area contributed by atoms with Gasteiger partial charge in [0.1, 0.15) is 11.6 Å². The Morgan fingerprint density at radius 3 is 2.56 bits per heavy atom. The number of carbonyl (C=O) groups excluding carboxylic acids is 1. The van der Waals surface area contributed by atoms with Crippen molar-refractivity contribution in [1.82, 2.24) is 24.4 Å². The van der Waals surface area contributed by atoms with Crippen LogP contribution >= 0.6 is 11.6 Å². The van der Waals surface area contributed by atoms with Crippen LogP contribution in [0, 0.1) is 12.7 Å². The summed E-state index contributed by atoms with van der Waals surface area (Å²) in [5, 5.41) is -0.345. The number of piperazine rings is 1. The quantitative estimate of drug-likeness (QED) is 0.291. The van der Waals surface area contributed by atoms with E-state index < -0.39 is 26.6 Å². The average Bonchev–Trinajstić information content (AvgIpc) is 2.97. The molecule has 4 heterocycles. The van der Waals surface area contributed by atoms with Gasteiger partial charge in [0.15, 0.2) is 15.5 Å². The van der Waals surface area contributed by atoms with E-state index in [9.17, 15) is 22.4 Å². The molecule has 1 aliphatic rings. The largest absolute Gasteiger partial charge is 0.355 e. The predicted octanol–water partition coefficient (Wildman–Crippen LogP) is 4.35. The highest BCUT2D eigenvalue weighted by Gasteiger charge is 2.32. The van der Waals surface area contributed by atoms with Crippen LogP contribution < -0.4 is 10.6 Å². The van der Waals surface area contributed by atoms with Gasteiger partial charge >= 0.3 is 5.69 Å². The highest BCUT2D eigenvalue weighted by Crippen LogP contribution is 2.36. The number of anilines is 1. The Kier molecular flexibility index (Phi) is 8.10. The lowest BCUT2D eigenvalue weighted by Gasteiger charge is -2.40. The molecule has 43 heavy (non-hydrogen) atoms. The maximum Gasteiger partial charge on any atom is 0.355 e. The van der Waals surface area contributed by atoms with Crippen molar-refractivity contribution < 1.29 is 17.6 Å². The lowest BCUT2D eigenvalue weighted by atomic mass is 10.1. The topological polar surface area (TPSA) is 118 Å². The minimum absolute atomic E-state index is 0.00834. The Morgan fingerprint density at radius 2 is 1.91 bits per heavy atom. The zero-order valence-electron chi connectivity index (χ0n) is 24.1. The van der Waals surface area contributed by atoms with Crippen LogP contribution in [0.25, 0.3) is 28.0 Å². The van der Waals surface area contributed by atoms with Crippen LogP contribution in [0.3, 0.4) is 0 Å². The number of pyridine rings is 2. The number of rotatable bonds is 6. The third-order valence-corrected chi connectivity index (χ3v) is 10.0. The maximum atomic E-state index is 15.0. The molecule has 0 spiro atoms. The van der Waals surface area contributed by atoms with Gasteiger partial charge in [-0.2, -0.15) is 4.98 Å². The van der Waals surface area contributed by atoms with Crippen LogP contribution in [0.5, 0.6) is 0 Å². The summed E-state index contributed by atoms with van der Waals surface area (Å²) >= 11 is 6.72. The number of halogens is 2. The molecule has 1 fully saturated rings. The molecule has 10 nitrogen and oxygen atoms in total. The number of hydrogen-bond acceptors (Lipinski definition) is 8. The van der Waals surface area contributed by atoms with E-state index >= 15 is 0 Å². The predicted molar refractivity (Wildman–Crippen MR) is 164 cm³/mol. The fraction of sp³-hybridized carbons (Fsp3) is 0.300. The summed E-state index contributed by atoms with van der Waals surface area (Å²) in [5.74, 6) is -0.514. The molecular weight excluding hydrogens is 595 g/mol. The lowest BCUT2D eigenvalue weighted by molar-refractivity contribution is -0.126. The summed E-state index contributed by atoms with van der Waals surface area (Å²) in [6.45, 7) is 11.2. The van der Waals surface area contributed by atoms with Crippen molar-refractivity contribution in [2.45, 2.75) is 43.9 Å². The Balaban J connectivity index is 1.85. The molecule has 1 saturated heterocycles. The fourth-order valence-electron chi connectivity index (χ4n) is 5.26. The first-order valence-electron chi connectivity index (χ1n) is 13.6. The maximum absolute atomic E-state index is 15.0. The summed E-state index contributed by atoms with van der Waals surface area (Å²) in [6, 6.07) is 8.59. The molecular formula is C30H30ClFN6O4S. The van der Waals surface area contributed by atoms with E-state index in [1.54, 1.807) is 37.8 Å². The van der Waals surface area contributed by atoms with Crippen molar-refractivity contribution in [3.63, 3.8) is 0 Å². The zero-order valence-corrected chi connectivity index (χ0v) is 25.7. The van der Waals surface area contributed by atoms with Crippen molar-refractivity contribution in [3.8, 4) is 16.9 Å². The third kappa shape index (κ3) is 5.29. The number of hydrogen-bond donors (Lipinski definition) is 0. The number of nitrogens with zero attached hydrogens (tertiary/aromatic N) is 6. The Labute approximate surface area is 253 Å². The van der Waals surface area contributed by atoms with Gasteiger partial charge in [0.2, 0.25) is 5.91 Å². The average molecular weight is 625 g/mol. The first-order valence-corrected chi connectivity index (χ1v) is 15.5. The van der Waals surface area contributed by atoms with Crippen LogP contribution in [-0.4, -0.2) is 69.7 Å². The molecule has 224 valence electrons. The molecule has 1 aliphatic heterocycles. The SMILES string of the molecule is C=CC(=O)N1CCN(c2nc(=O)n(-c3c(S(=O)(=O)C(C)C)ccnc3C)c3nc(-c4ccccc4F)c(Cl)cc23)[C@@H](C)C1. The van der Waals surface area contributed by atoms with Crippen molar-refractivity contribution in [2.75, 3.05) is 24.5 Å². The highest BCUT2D eigenvalue weighted by atomic mass is 35.5.